The third-order valence-electron chi connectivity index (χ3n) is 4.01. The predicted octanol–water partition coefficient (Wildman–Crippen LogP) is 3.25. The number of rotatable bonds is 5. The fraction of sp³-hybridized carbons (Fsp3) is 0.533. The maximum Gasteiger partial charge on any atom is 0.293 e. The Labute approximate surface area is 134 Å². The van der Waals surface area contributed by atoms with Crippen molar-refractivity contribution in [2.75, 3.05) is 18.1 Å². The molecule has 1 atom stereocenters. The summed E-state index contributed by atoms with van der Waals surface area (Å²) in [4.78, 5) is 12.9. The largest absolute Gasteiger partial charge is 0.396 e. The zero-order valence-electron chi connectivity index (χ0n) is 12.2. The number of aliphatic hydroxyl groups is 1. The SMILES string of the molecule is N#Cc1cc([N+](=O)[O-])c(N2CCCCC2CCCO)cc1Cl. The molecule has 1 unspecified atom stereocenters. The van der Waals surface area contributed by atoms with E-state index in [1.165, 1.54) is 12.1 Å². The lowest BCUT2D eigenvalue weighted by Crippen LogP contribution is -2.40. The van der Waals surface area contributed by atoms with Gasteiger partial charge in [0.05, 0.1) is 15.5 Å². The van der Waals surface area contributed by atoms with Crippen LogP contribution in [0.1, 0.15) is 37.7 Å². The minimum absolute atomic E-state index is 0.0863. The van der Waals surface area contributed by atoms with E-state index in [0.717, 1.165) is 32.2 Å². The lowest BCUT2D eigenvalue weighted by molar-refractivity contribution is -0.384. The summed E-state index contributed by atoms with van der Waals surface area (Å²) in [5.74, 6) is 0. The predicted molar refractivity (Wildman–Crippen MR) is 84.1 cm³/mol. The molecule has 1 aliphatic rings. The molecule has 0 radical (unpaired) electrons. The molecule has 0 aromatic heterocycles. The highest BCUT2D eigenvalue weighted by Crippen LogP contribution is 2.37. The van der Waals surface area contributed by atoms with E-state index in [-0.39, 0.29) is 28.9 Å². The Morgan fingerprint density at radius 1 is 1.50 bits per heavy atom. The van der Waals surface area contributed by atoms with Gasteiger partial charge in [-0.1, -0.05) is 11.6 Å². The van der Waals surface area contributed by atoms with Crippen molar-refractivity contribution in [3.8, 4) is 6.07 Å². The highest BCUT2D eigenvalue weighted by atomic mass is 35.5. The monoisotopic (exact) mass is 323 g/mol. The van der Waals surface area contributed by atoms with Crippen molar-refractivity contribution in [2.24, 2.45) is 0 Å². The van der Waals surface area contributed by atoms with Gasteiger partial charge in [0.2, 0.25) is 0 Å². The smallest absolute Gasteiger partial charge is 0.293 e. The molecule has 0 aliphatic carbocycles. The molecule has 1 aromatic carbocycles. The number of nitrogens with zero attached hydrogens (tertiary/aromatic N) is 3. The molecule has 1 N–H and O–H groups in total. The van der Waals surface area contributed by atoms with Gasteiger partial charge in [0, 0.05) is 25.3 Å². The van der Waals surface area contributed by atoms with E-state index >= 15 is 0 Å². The van der Waals surface area contributed by atoms with Crippen molar-refractivity contribution < 1.29 is 10.0 Å². The Morgan fingerprint density at radius 2 is 2.27 bits per heavy atom. The van der Waals surface area contributed by atoms with E-state index in [9.17, 15) is 10.1 Å². The van der Waals surface area contributed by atoms with Crippen LogP contribution in [0.5, 0.6) is 0 Å². The second-order valence-electron chi connectivity index (χ2n) is 5.40. The molecule has 7 heteroatoms. The number of hydrogen-bond donors (Lipinski definition) is 1. The van der Waals surface area contributed by atoms with Gasteiger partial charge >= 0.3 is 0 Å². The Bertz CT molecular complexity index is 600. The number of benzene rings is 1. The first-order valence-corrected chi connectivity index (χ1v) is 7.71. The summed E-state index contributed by atoms with van der Waals surface area (Å²) in [6.45, 7) is 0.833. The molecule has 0 amide bonds. The van der Waals surface area contributed by atoms with Gasteiger partial charge in [-0.3, -0.25) is 10.1 Å². The summed E-state index contributed by atoms with van der Waals surface area (Å²) in [7, 11) is 0. The molecular weight excluding hydrogens is 306 g/mol. The van der Waals surface area contributed by atoms with Crippen LogP contribution in [0.2, 0.25) is 5.02 Å². The summed E-state index contributed by atoms with van der Waals surface area (Å²) in [5, 5.41) is 29.6. The van der Waals surface area contributed by atoms with Crippen molar-refractivity contribution in [1.29, 1.82) is 5.26 Å². The number of nitro groups is 1. The van der Waals surface area contributed by atoms with Crippen molar-refractivity contribution in [3.63, 3.8) is 0 Å². The molecule has 0 spiro atoms. The minimum atomic E-state index is -0.468. The molecule has 118 valence electrons. The van der Waals surface area contributed by atoms with Crippen molar-refractivity contribution in [1.82, 2.24) is 0 Å². The van der Waals surface area contributed by atoms with Gasteiger partial charge in [-0.15, -0.1) is 0 Å². The average Bonchev–Trinajstić information content (AvgIpc) is 2.52. The second-order valence-corrected chi connectivity index (χ2v) is 5.81. The number of nitriles is 1. The van der Waals surface area contributed by atoms with Crippen LogP contribution in [-0.2, 0) is 0 Å². The molecule has 1 aromatic rings. The summed E-state index contributed by atoms with van der Waals surface area (Å²) in [5.41, 5.74) is 0.495. The lowest BCUT2D eigenvalue weighted by atomic mass is 9.96. The minimum Gasteiger partial charge on any atom is -0.396 e. The Morgan fingerprint density at radius 3 is 2.91 bits per heavy atom. The van der Waals surface area contributed by atoms with Crippen LogP contribution in [0.15, 0.2) is 12.1 Å². The first-order chi connectivity index (χ1) is 10.6. The molecule has 2 rings (SSSR count). The van der Waals surface area contributed by atoms with Gasteiger partial charge in [-0.2, -0.15) is 5.26 Å². The molecular formula is C15H18ClN3O3. The number of halogens is 1. The van der Waals surface area contributed by atoms with Gasteiger partial charge in [0.1, 0.15) is 11.8 Å². The number of hydrogen-bond acceptors (Lipinski definition) is 5. The van der Waals surface area contributed by atoms with Gasteiger partial charge in [0.15, 0.2) is 0 Å². The molecule has 6 nitrogen and oxygen atoms in total. The molecule has 1 fully saturated rings. The zero-order valence-corrected chi connectivity index (χ0v) is 12.9. The van der Waals surface area contributed by atoms with E-state index in [1.54, 1.807) is 0 Å². The highest BCUT2D eigenvalue weighted by Gasteiger charge is 2.29. The van der Waals surface area contributed by atoms with Crippen LogP contribution in [0.4, 0.5) is 11.4 Å². The number of nitro benzene ring substituents is 1. The first kappa shape index (κ1) is 16.5. The van der Waals surface area contributed by atoms with Crippen molar-refractivity contribution >= 4 is 23.0 Å². The maximum absolute atomic E-state index is 11.4. The molecule has 0 bridgehead atoms. The van der Waals surface area contributed by atoms with Crippen LogP contribution < -0.4 is 4.90 Å². The van der Waals surface area contributed by atoms with Gasteiger partial charge < -0.3 is 10.0 Å². The second kappa shape index (κ2) is 7.43. The van der Waals surface area contributed by atoms with Crippen LogP contribution in [0.25, 0.3) is 0 Å². The third-order valence-corrected chi connectivity index (χ3v) is 4.33. The van der Waals surface area contributed by atoms with Crippen LogP contribution in [0.3, 0.4) is 0 Å². The van der Waals surface area contributed by atoms with Gasteiger partial charge in [0.25, 0.3) is 5.69 Å². The molecule has 1 heterocycles. The maximum atomic E-state index is 11.4. The van der Waals surface area contributed by atoms with Crippen LogP contribution in [0, 0.1) is 21.4 Å². The number of aliphatic hydroxyl groups excluding tert-OH is 1. The fourth-order valence-corrected chi connectivity index (χ4v) is 3.16. The van der Waals surface area contributed by atoms with E-state index in [2.05, 4.69) is 0 Å². The summed E-state index contributed by atoms with van der Waals surface area (Å²) in [6, 6.07) is 4.80. The number of piperidine rings is 1. The standard InChI is InChI=1S/C15H18ClN3O3/c16-13-9-14(15(19(21)22)8-11(13)10-17)18-6-2-1-4-12(18)5-3-7-20/h8-9,12,20H,1-7H2. The Balaban J connectivity index is 2.42. The van der Waals surface area contributed by atoms with Crippen molar-refractivity contribution in [3.05, 3.63) is 32.8 Å². The molecule has 0 saturated carbocycles. The summed E-state index contributed by atoms with van der Waals surface area (Å²) >= 11 is 6.07. The Hall–Kier alpha value is -1.84. The third kappa shape index (κ3) is 3.49. The molecule has 1 saturated heterocycles. The first-order valence-electron chi connectivity index (χ1n) is 7.34. The van der Waals surface area contributed by atoms with Crippen LogP contribution in [-0.4, -0.2) is 29.2 Å². The van der Waals surface area contributed by atoms with Gasteiger partial charge in [-0.25, -0.2) is 0 Å². The summed E-state index contributed by atoms with van der Waals surface area (Å²) in [6.07, 6.45) is 4.42. The van der Waals surface area contributed by atoms with Crippen molar-refractivity contribution in [2.45, 2.75) is 38.1 Å². The molecule has 22 heavy (non-hydrogen) atoms. The van der Waals surface area contributed by atoms with E-state index in [1.807, 2.05) is 11.0 Å². The molecule has 1 aliphatic heterocycles. The van der Waals surface area contributed by atoms with E-state index in [0.29, 0.717) is 12.1 Å². The normalized spacial score (nSPS) is 18.0. The topological polar surface area (TPSA) is 90.4 Å². The van der Waals surface area contributed by atoms with Crippen LogP contribution >= 0.6 is 11.6 Å². The van der Waals surface area contributed by atoms with Gasteiger partial charge in [-0.05, 0) is 38.2 Å². The Kier molecular flexibility index (Phi) is 5.58. The van der Waals surface area contributed by atoms with E-state index in [4.69, 9.17) is 22.0 Å². The average molecular weight is 324 g/mol. The fourth-order valence-electron chi connectivity index (χ4n) is 2.96. The lowest BCUT2D eigenvalue weighted by Gasteiger charge is -2.37. The quantitative estimate of drug-likeness (QED) is 0.663. The summed E-state index contributed by atoms with van der Waals surface area (Å²) < 4.78 is 0. The number of anilines is 1. The van der Waals surface area contributed by atoms with E-state index < -0.39 is 4.92 Å². The zero-order chi connectivity index (χ0) is 16.1. The highest BCUT2D eigenvalue weighted by molar-refractivity contribution is 6.32.